The van der Waals surface area contributed by atoms with Gasteiger partial charge < -0.3 is 19.7 Å². The van der Waals surface area contributed by atoms with Crippen LogP contribution in [0.4, 0.5) is 0 Å². The minimum Gasteiger partial charge on any atom is -0.493 e. The molecule has 0 saturated heterocycles. The molecule has 4 rings (SSSR count). The van der Waals surface area contributed by atoms with E-state index in [2.05, 4.69) is 10.3 Å². The lowest BCUT2D eigenvalue weighted by Crippen LogP contribution is -2.49. The molecule has 0 bridgehead atoms. The highest BCUT2D eigenvalue weighted by Gasteiger charge is 2.39. The standard InChI is InChI=1S/C25H28N4O4/c1-25(2,3)27-23(30)22-19-13-26-15-29(19)18-9-7-6-8-17(18)24(31)28(22)14-16-10-11-20(32-4)21(12-16)33-5/h6-13,15,22H,14H2,1-5H3,(H,27,30). The summed E-state index contributed by atoms with van der Waals surface area (Å²) < 4.78 is 12.6. The quantitative estimate of drug-likeness (QED) is 0.646. The number of nitrogens with one attached hydrogen (secondary N) is 1. The van der Waals surface area contributed by atoms with Gasteiger partial charge in [0.2, 0.25) is 5.91 Å². The molecular weight excluding hydrogens is 420 g/mol. The van der Waals surface area contributed by atoms with Crippen molar-refractivity contribution >= 4 is 11.8 Å². The maximum absolute atomic E-state index is 13.8. The van der Waals surface area contributed by atoms with E-state index in [-0.39, 0.29) is 18.4 Å². The smallest absolute Gasteiger partial charge is 0.257 e. The van der Waals surface area contributed by atoms with E-state index in [0.29, 0.717) is 28.4 Å². The van der Waals surface area contributed by atoms with Gasteiger partial charge in [0.25, 0.3) is 5.91 Å². The predicted octanol–water partition coefficient (Wildman–Crippen LogP) is 3.50. The van der Waals surface area contributed by atoms with Crippen molar-refractivity contribution in [1.29, 1.82) is 0 Å². The highest BCUT2D eigenvalue weighted by atomic mass is 16.5. The molecule has 0 radical (unpaired) electrons. The number of amides is 2. The highest BCUT2D eigenvalue weighted by Crippen LogP contribution is 2.35. The topological polar surface area (TPSA) is 85.7 Å². The van der Waals surface area contributed by atoms with Crippen molar-refractivity contribution < 1.29 is 19.1 Å². The molecule has 0 saturated carbocycles. The van der Waals surface area contributed by atoms with Gasteiger partial charge in [0.15, 0.2) is 17.5 Å². The van der Waals surface area contributed by atoms with Crippen LogP contribution in [0.15, 0.2) is 55.0 Å². The molecule has 1 atom stereocenters. The van der Waals surface area contributed by atoms with Gasteiger partial charge in [0, 0.05) is 12.1 Å². The molecule has 33 heavy (non-hydrogen) atoms. The minimum atomic E-state index is -0.875. The van der Waals surface area contributed by atoms with Gasteiger partial charge in [0.1, 0.15) is 0 Å². The molecule has 1 aromatic heterocycles. The van der Waals surface area contributed by atoms with Gasteiger partial charge in [-0.3, -0.25) is 14.2 Å². The summed E-state index contributed by atoms with van der Waals surface area (Å²) in [7, 11) is 3.13. The van der Waals surface area contributed by atoms with E-state index in [1.165, 1.54) is 0 Å². The SMILES string of the molecule is COc1ccc(CN2C(=O)c3ccccc3-n3cncc3C2C(=O)NC(C)(C)C)cc1OC. The van der Waals surface area contributed by atoms with Gasteiger partial charge in [-0.25, -0.2) is 4.98 Å². The zero-order valence-electron chi connectivity index (χ0n) is 19.5. The first kappa shape index (κ1) is 22.4. The first-order valence-electron chi connectivity index (χ1n) is 10.7. The van der Waals surface area contributed by atoms with Crippen LogP contribution in [0.3, 0.4) is 0 Å². The molecule has 8 nitrogen and oxygen atoms in total. The van der Waals surface area contributed by atoms with Crippen LogP contribution in [-0.2, 0) is 11.3 Å². The number of nitrogens with zero attached hydrogens (tertiary/aromatic N) is 3. The Morgan fingerprint density at radius 1 is 1.09 bits per heavy atom. The number of para-hydroxylation sites is 1. The molecule has 2 amide bonds. The van der Waals surface area contributed by atoms with Gasteiger partial charge >= 0.3 is 0 Å². The second-order valence-corrected chi connectivity index (χ2v) is 8.97. The number of aromatic nitrogens is 2. The number of carbonyl (C=O) groups excluding carboxylic acids is 2. The number of ether oxygens (including phenoxy) is 2. The molecule has 0 fully saturated rings. The number of methoxy groups -OCH3 is 2. The lowest BCUT2D eigenvalue weighted by molar-refractivity contribution is -0.127. The fourth-order valence-electron chi connectivity index (χ4n) is 4.06. The maximum Gasteiger partial charge on any atom is 0.257 e. The molecule has 2 heterocycles. The van der Waals surface area contributed by atoms with E-state index in [1.54, 1.807) is 43.8 Å². The molecule has 2 aromatic carbocycles. The first-order chi connectivity index (χ1) is 15.7. The average molecular weight is 449 g/mol. The van der Waals surface area contributed by atoms with E-state index < -0.39 is 11.6 Å². The largest absolute Gasteiger partial charge is 0.493 e. The van der Waals surface area contributed by atoms with Crippen LogP contribution < -0.4 is 14.8 Å². The Morgan fingerprint density at radius 2 is 1.82 bits per heavy atom. The number of benzene rings is 2. The van der Waals surface area contributed by atoms with Crippen molar-refractivity contribution in [3.05, 3.63) is 71.8 Å². The van der Waals surface area contributed by atoms with Crippen LogP contribution in [0.2, 0.25) is 0 Å². The number of hydrogen-bond acceptors (Lipinski definition) is 5. The zero-order chi connectivity index (χ0) is 23.8. The Morgan fingerprint density at radius 3 is 2.52 bits per heavy atom. The van der Waals surface area contributed by atoms with Crippen molar-refractivity contribution in [2.24, 2.45) is 0 Å². The van der Waals surface area contributed by atoms with Crippen LogP contribution in [0.5, 0.6) is 11.5 Å². The summed E-state index contributed by atoms with van der Waals surface area (Å²) in [6, 6.07) is 11.9. The lowest BCUT2D eigenvalue weighted by Gasteiger charge is -2.32. The second kappa shape index (κ2) is 8.61. The van der Waals surface area contributed by atoms with Crippen LogP contribution >= 0.6 is 0 Å². The summed E-state index contributed by atoms with van der Waals surface area (Å²) in [6.07, 6.45) is 3.28. The third-order valence-corrected chi connectivity index (χ3v) is 5.46. The molecule has 172 valence electrons. The number of imidazole rings is 1. The Bertz CT molecular complexity index is 1200. The number of carbonyl (C=O) groups is 2. The van der Waals surface area contributed by atoms with E-state index >= 15 is 0 Å². The van der Waals surface area contributed by atoms with Gasteiger partial charge in [-0.05, 0) is 50.6 Å². The van der Waals surface area contributed by atoms with Crippen molar-refractivity contribution in [2.75, 3.05) is 14.2 Å². The molecule has 0 spiro atoms. The molecule has 8 heteroatoms. The minimum absolute atomic E-state index is 0.195. The third kappa shape index (κ3) is 4.28. The first-order valence-corrected chi connectivity index (χ1v) is 10.7. The average Bonchev–Trinajstić information content (AvgIpc) is 3.22. The summed E-state index contributed by atoms with van der Waals surface area (Å²) in [5.74, 6) is 0.635. The molecule has 1 N–H and O–H groups in total. The lowest BCUT2D eigenvalue weighted by atomic mass is 10.0. The fourth-order valence-corrected chi connectivity index (χ4v) is 4.06. The zero-order valence-corrected chi connectivity index (χ0v) is 19.5. The van der Waals surface area contributed by atoms with Crippen LogP contribution in [0.1, 0.15) is 48.4 Å². The Hall–Kier alpha value is -3.81. The van der Waals surface area contributed by atoms with Crippen LogP contribution in [0, 0.1) is 0 Å². The molecule has 1 aliphatic heterocycles. The van der Waals surface area contributed by atoms with Crippen molar-refractivity contribution in [2.45, 2.75) is 38.9 Å². The van der Waals surface area contributed by atoms with Crippen LogP contribution in [0.25, 0.3) is 5.69 Å². The summed E-state index contributed by atoms with van der Waals surface area (Å²) in [5.41, 5.74) is 2.15. The van der Waals surface area contributed by atoms with Gasteiger partial charge in [-0.2, -0.15) is 0 Å². The van der Waals surface area contributed by atoms with E-state index in [0.717, 1.165) is 5.56 Å². The number of hydrogen-bond donors (Lipinski definition) is 1. The Labute approximate surface area is 193 Å². The van der Waals surface area contributed by atoms with Crippen molar-refractivity contribution in [3.8, 4) is 17.2 Å². The fraction of sp³-hybridized carbons (Fsp3) is 0.320. The van der Waals surface area contributed by atoms with Crippen LogP contribution in [-0.4, -0.2) is 46.0 Å². The van der Waals surface area contributed by atoms with E-state index in [4.69, 9.17) is 9.47 Å². The maximum atomic E-state index is 13.8. The monoisotopic (exact) mass is 448 g/mol. The molecule has 1 aliphatic rings. The normalized spacial score (nSPS) is 15.4. The molecule has 1 unspecified atom stereocenters. The predicted molar refractivity (Wildman–Crippen MR) is 124 cm³/mol. The summed E-state index contributed by atoms with van der Waals surface area (Å²) in [5, 5.41) is 3.03. The summed E-state index contributed by atoms with van der Waals surface area (Å²) >= 11 is 0. The van der Waals surface area contributed by atoms with Crippen molar-refractivity contribution in [3.63, 3.8) is 0 Å². The van der Waals surface area contributed by atoms with Gasteiger partial charge in [0.05, 0.1) is 43.7 Å². The summed E-state index contributed by atoms with van der Waals surface area (Å²) in [6.45, 7) is 5.93. The Kier molecular flexibility index (Phi) is 5.84. The Balaban J connectivity index is 1.85. The van der Waals surface area contributed by atoms with E-state index in [9.17, 15) is 9.59 Å². The molecular formula is C25H28N4O4. The van der Waals surface area contributed by atoms with Gasteiger partial charge in [-0.15, -0.1) is 0 Å². The highest BCUT2D eigenvalue weighted by molar-refractivity contribution is 6.01. The molecule has 3 aromatic rings. The third-order valence-electron chi connectivity index (χ3n) is 5.46. The van der Waals surface area contributed by atoms with Crippen molar-refractivity contribution in [1.82, 2.24) is 19.8 Å². The number of rotatable bonds is 5. The second-order valence-electron chi connectivity index (χ2n) is 8.97. The molecule has 0 aliphatic carbocycles. The van der Waals surface area contributed by atoms with Gasteiger partial charge in [-0.1, -0.05) is 18.2 Å². The van der Waals surface area contributed by atoms with E-state index in [1.807, 2.05) is 55.7 Å². The number of fused-ring (bicyclic) bond motifs is 3. The summed E-state index contributed by atoms with van der Waals surface area (Å²) in [4.78, 5) is 33.3.